The molecule has 1 heterocycles. The molecule has 1 fully saturated rings. The Hall–Kier alpha value is -0.780. The van der Waals surface area contributed by atoms with Gasteiger partial charge in [0.05, 0.1) is 0 Å². The lowest BCUT2D eigenvalue weighted by atomic mass is 10.0. The Bertz CT molecular complexity index is 193. The number of halogens is 3. The van der Waals surface area contributed by atoms with E-state index in [1.54, 1.807) is 0 Å². The second-order valence-corrected chi connectivity index (χ2v) is 2.58. The van der Waals surface area contributed by atoms with Crippen LogP contribution in [0.5, 0.6) is 0 Å². The molecule has 0 amide bonds. The van der Waals surface area contributed by atoms with Gasteiger partial charge in [0.25, 0.3) is 5.60 Å². The predicted molar refractivity (Wildman–Crippen MR) is 31.6 cm³/mol. The molecule has 6 heteroatoms. The molecule has 0 saturated carbocycles. The Kier molecular flexibility index (Phi) is 2.03. The molecule has 0 radical (unpaired) electrons. The van der Waals surface area contributed by atoms with E-state index in [9.17, 15) is 18.0 Å². The van der Waals surface area contributed by atoms with Crippen molar-refractivity contribution in [2.24, 2.45) is 0 Å². The summed E-state index contributed by atoms with van der Waals surface area (Å²) in [5.74, 6) is -1.95. The first-order valence-corrected chi connectivity index (χ1v) is 3.34. The van der Waals surface area contributed by atoms with Gasteiger partial charge in [-0.2, -0.15) is 13.2 Å². The Morgan fingerprint density at radius 1 is 1.50 bits per heavy atom. The van der Waals surface area contributed by atoms with Gasteiger partial charge in [-0.1, -0.05) is 0 Å². The summed E-state index contributed by atoms with van der Waals surface area (Å²) in [6, 6.07) is 0. The monoisotopic (exact) mass is 184 g/mol. The van der Waals surface area contributed by atoms with Crippen LogP contribution in [0.2, 0.25) is 0 Å². The first kappa shape index (κ1) is 9.31. The van der Waals surface area contributed by atoms with Crippen molar-refractivity contribution in [2.75, 3.05) is 6.61 Å². The number of rotatable bonds is 1. The predicted octanol–water partition coefficient (Wildman–Crippen LogP) is 1.18. The number of hydrogen-bond donors (Lipinski definition) is 1. The van der Waals surface area contributed by atoms with Crippen molar-refractivity contribution in [3.63, 3.8) is 0 Å². The van der Waals surface area contributed by atoms with Crippen LogP contribution in [0.4, 0.5) is 13.2 Å². The summed E-state index contributed by atoms with van der Waals surface area (Å²) in [6.45, 7) is -0.147. The molecular weight excluding hydrogens is 177 g/mol. The molecule has 70 valence electrons. The standard InChI is InChI=1S/C6H7F3O3/c7-6(8,9)5(4(10)11)2-1-3-12-5/h1-3H2,(H,10,11). The normalized spacial score (nSPS) is 30.6. The van der Waals surface area contributed by atoms with Crippen LogP contribution in [-0.2, 0) is 9.53 Å². The number of hydrogen-bond acceptors (Lipinski definition) is 2. The van der Waals surface area contributed by atoms with Crippen molar-refractivity contribution < 1.29 is 27.8 Å². The average molecular weight is 184 g/mol. The highest BCUT2D eigenvalue weighted by Crippen LogP contribution is 2.41. The van der Waals surface area contributed by atoms with Gasteiger partial charge in [-0.15, -0.1) is 0 Å². The van der Waals surface area contributed by atoms with Crippen LogP contribution in [-0.4, -0.2) is 29.5 Å². The molecule has 3 nitrogen and oxygen atoms in total. The van der Waals surface area contributed by atoms with Crippen molar-refractivity contribution in [2.45, 2.75) is 24.6 Å². The van der Waals surface area contributed by atoms with Crippen molar-refractivity contribution in [1.82, 2.24) is 0 Å². The SMILES string of the molecule is O=C(O)C1(C(F)(F)F)CCCO1. The average Bonchev–Trinajstić information content (AvgIpc) is 2.31. The second kappa shape index (κ2) is 2.62. The van der Waals surface area contributed by atoms with Gasteiger partial charge in [0.1, 0.15) is 0 Å². The van der Waals surface area contributed by atoms with Crippen molar-refractivity contribution in [3.05, 3.63) is 0 Å². The van der Waals surface area contributed by atoms with E-state index in [-0.39, 0.29) is 13.0 Å². The first-order valence-electron chi connectivity index (χ1n) is 3.34. The van der Waals surface area contributed by atoms with E-state index in [1.165, 1.54) is 0 Å². The van der Waals surface area contributed by atoms with Gasteiger partial charge in [0.15, 0.2) is 0 Å². The Labute approximate surface area is 66.1 Å². The molecule has 0 aromatic rings. The lowest BCUT2D eigenvalue weighted by Crippen LogP contribution is -2.51. The maximum Gasteiger partial charge on any atom is 0.428 e. The molecule has 0 aliphatic carbocycles. The third-order valence-electron chi connectivity index (χ3n) is 1.83. The largest absolute Gasteiger partial charge is 0.479 e. The summed E-state index contributed by atoms with van der Waals surface area (Å²) in [6.07, 6.45) is -5.19. The van der Waals surface area contributed by atoms with Gasteiger partial charge in [-0.25, -0.2) is 4.79 Å². The van der Waals surface area contributed by atoms with E-state index < -0.39 is 24.2 Å². The number of carboxylic acids is 1. The summed E-state index contributed by atoms with van der Waals surface area (Å²) in [5, 5.41) is 8.35. The number of ether oxygens (including phenoxy) is 1. The van der Waals surface area contributed by atoms with Crippen LogP contribution in [0.25, 0.3) is 0 Å². The van der Waals surface area contributed by atoms with E-state index in [0.717, 1.165) is 0 Å². The van der Waals surface area contributed by atoms with Gasteiger partial charge >= 0.3 is 12.1 Å². The highest BCUT2D eigenvalue weighted by molar-refractivity contribution is 5.79. The molecule has 1 atom stereocenters. The van der Waals surface area contributed by atoms with E-state index >= 15 is 0 Å². The number of carbonyl (C=O) groups is 1. The van der Waals surface area contributed by atoms with Crippen LogP contribution in [0.3, 0.4) is 0 Å². The first-order chi connectivity index (χ1) is 5.40. The van der Waals surface area contributed by atoms with E-state index in [1.807, 2.05) is 0 Å². The molecule has 0 spiro atoms. The molecule has 0 bridgehead atoms. The van der Waals surface area contributed by atoms with Crippen LogP contribution < -0.4 is 0 Å². The summed E-state index contributed by atoms with van der Waals surface area (Å²) < 4.78 is 40.7. The molecule has 1 saturated heterocycles. The van der Waals surface area contributed by atoms with E-state index in [2.05, 4.69) is 4.74 Å². The molecule has 1 unspecified atom stereocenters. The fraction of sp³-hybridized carbons (Fsp3) is 0.833. The summed E-state index contributed by atoms with van der Waals surface area (Å²) >= 11 is 0. The van der Waals surface area contributed by atoms with Gasteiger partial charge in [0.2, 0.25) is 0 Å². The minimum Gasteiger partial charge on any atom is -0.479 e. The molecule has 0 aromatic heterocycles. The highest BCUT2D eigenvalue weighted by Gasteiger charge is 2.63. The highest BCUT2D eigenvalue weighted by atomic mass is 19.4. The Balaban J connectivity index is 2.94. The van der Waals surface area contributed by atoms with Gasteiger partial charge in [-0.3, -0.25) is 0 Å². The lowest BCUT2D eigenvalue weighted by Gasteiger charge is -2.25. The van der Waals surface area contributed by atoms with Gasteiger partial charge in [0, 0.05) is 6.61 Å². The van der Waals surface area contributed by atoms with E-state index in [0.29, 0.717) is 0 Å². The van der Waals surface area contributed by atoms with Crippen LogP contribution >= 0.6 is 0 Å². The minimum atomic E-state index is -4.82. The number of carboxylic acid groups (broad SMARTS) is 1. The van der Waals surface area contributed by atoms with Crippen molar-refractivity contribution in [1.29, 1.82) is 0 Å². The van der Waals surface area contributed by atoms with Crippen LogP contribution in [0.15, 0.2) is 0 Å². The number of alkyl halides is 3. The van der Waals surface area contributed by atoms with Crippen LogP contribution in [0, 0.1) is 0 Å². The molecule has 1 rings (SSSR count). The lowest BCUT2D eigenvalue weighted by molar-refractivity contribution is -0.261. The zero-order valence-electron chi connectivity index (χ0n) is 6.02. The molecule has 0 aromatic carbocycles. The zero-order valence-corrected chi connectivity index (χ0v) is 6.02. The maximum atomic E-state index is 12.2. The summed E-state index contributed by atoms with van der Waals surface area (Å²) in [4.78, 5) is 10.3. The molecule has 1 N–H and O–H groups in total. The third kappa shape index (κ3) is 1.16. The summed E-state index contributed by atoms with van der Waals surface area (Å²) in [5.41, 5.74) is -2.95. The maximum absolute atomic E-state index is 12.2. The molecular formula is C6H7F3O3. The zero-order chi connectivity index (χ0) is 9.41. The van der Waals surface area contributed by atoms with Gasteiger partial charge in [-0.05, 0) is 12.8 Å². The molecule has 1 aliphatic rings. The minimum absolute atomic E-state index is 0.131. The van der Waals surface area contributed by atoms with Crippen molar-refractivity contribution in [3.8, 4) is 0 Å². The van der Waals surface area contributed by atoms with Crippen LogP contribution in [0.1, 0.15) is 12.8 Å². The molecule has 12 heavy (non-hydrogen) atoms. The fourth-order valence-corrected chi connectivity index (χ4v) is 1.15. The quantitative estimate of drug-likeness (QED) is 0.665. The third-order valence-corrected chi connectivity index (χ3v) is 1.83. The second-order valence-electron chi connectivity index (χ2n) is 2.58. The van der Waals surface area contributed by atoms with Crippen molar-refractivity contribution >= 4 is 5.97 Å². The topological polar surface area (TPSA) is 46.5 Å². The van der Waals surface area contributed by atoms with Gasteiger partial charge < -0.3 is 9.84 Å². The van der Waals surface area contributed by atoms with E-state index in [4.69, 9.17) is 5.11 Å². The fourth-order valence-electron chi connectivity index (χ4n) is 1.15. The number of aliphatic carboxylic acids is 1. The Morgan fingerprint density at radius 2 is 2.08 bits per heavy atom. The smallest absolute Gasteiger partial charge is 0.428 e. The summed E-state index contributed by atoms with van der Waals surface area (Å²) in [7, 11) is 0. The Morgan fingerprint density at radius 3 is 2.25 bits per heavy atom. The molecule has 1 aliphatic heterocycles.